The van der Waals surface area contributed by atoms with Gasteiger partial charge in [0.1, 0.15) is 24.0 Å². The lowest BCUT2D eigenvalue weighted by Gasteiger charge is -2.29. The molecule has 1 fully saturated rings. The molecule has 164 valence electrons. The minimum atomic E-state index is -0.390. The molecule has 0 saturated carbocycles. The summed E-state index contributed by atoms with van der Waals surface area (Å²) in [6, 6.07) is 10.7. The summed E-state index contributed by atoms with van der Waals surface area (Å²) in [6.07, 6.45) is 2.92. The van der Waals surface area contributed by atoms with Gasteiger partial charge in [0.15, 0.2) is 5.82 Å². The van der Waals surface area contributed by atoms with Crippen LogP contribution in [0.3, 0.4) is 0 Å². The number of benzene rings is 2. The first-order chi connectivity index (χ1) is 15.6. The molecule has 2 N–H and O–H groups in total. The largest absolute Gasteiger partial charge is 0.488 e. The minimum absolute atomic E-state index is 0.0595. The average Bonchev–Trinajstić information content (AvgIpc) is 2.81. The Morgan fingerprint density at radius 2 is 2.12 bits per heavy atom. The molecule has 1 aliphatic heterocycles. The van der Waals surface area contributed by atoms with E-state index < -0.39 is 0 Å². The molecule has 2 aromatic heterocycles. The number of hydrogen-bond donors (Lipinski definition) is 2. The molecule has 0 radical (unpaired) electrons. The van der Waals surface area contributed by atoms with E-state index in [0.717, 1.165) is 11.0 Å². The van der Waals surface area contributed by atoms with Crippen molar-refractivity contribution >= 4 is 49.2 Å². The van der Waals surface area contributed by atoms with Gasteiger partial charge in [-0.1, -0.05) is 15.9 Å². The first-order valence-corrected chi connectivity index (χ1v) is 11.1. The second-order valence-corrected chi connectivity index (χ2v) is 8.52. The molecule has 0 spiro atoms. The van der Waals surface area contributed by atoms with Crippen molar-refractivity contribution in [2.45, 2.75) is 19.1 Å². The van der Waals surface area contributed by atoms with Crippen molar-refractivity contribution in [2.24, 2.45) is 0 Å². The topological polar surface area (TPSA) is 81.2 Å². The van der Waals surface area contributed by atoms with Crippen LogP contribution in [0.15, 0.2) is 53.4 Å². The lowest BCUT2D eigenvalue weighted by atomic mass is 10.1. The molecule has 2 aromatic carbocycles. The smallest absolute Gasteiger partial charge is 0.156 e. The number of morpholine rings is 1. The molecule has 0 bridgehead atoms. The van der Waals surface area contributed by atoms with Gasteiger partial charge >= 0.3 is 0 Å². The zero-order chi connectivity index (χ0) is 22.1. The van der Waals surface area contributed by atoms with E-state index in [1.54, 1.807) is 30.5 Å². The van der Waals surface area contributed by atoms with Crippen LogP contribution in [0, 0.1) is 5.82 Å². The Morgan fingerprint density at radius 1 is 1.22 bits per heavy atom. The lowest BCUT2D eigenvalue weighted by Crippen LogP contribution is -2.49. The Morgan fingerprint density at radius 3 is 2.97 bits per heavy atom. The monoisotopic (exact) mass is 497 g/mol. The summed E-state index contributed by atoms with van der Waals surface area (Å²) in [5, 5.41) is 7.66. The van der Waals surface area contributed by atoms with Crippen LogP contribution in [0.1, 0.15) is 6.92 Å². The normalized spacial score (nSPS) is 17.4. The van der Waals surface area contributed by atoms with E-state index >= 15 is 4.39 Å². The number of rotatable bonds is 5. The maximum Gasteiger partial charge on any atom is 0.156 e. The van der Waals surface area contributed by atoms with Gasteiger partial charge in [-0.3, -0.25) is 4.98 Å². The Bertz CT molecular complexity index is 1280. The Balaban J connectivity index is 1.54. The highest BCUT2D eigenvalue weighted by atomic mass is 79.9. The molecule has 0 unspecified atom stereocenters. The van der Waals surface area contributed by atoms with Crippen molar-refractivity contribution in [2.75, 3.05) is 25.1 Å². The molecule has 1 saturated heterocycles. The van der Waals surface area contributed by atoms with E-state index in [-0.39, 0.29) is 18.0 Å². The minimum Gasteiger partial charge on any atom is -0.488 e. The first-order valence-electron chi connectivity index (χ1n) is 10.3. The Kier molecular flexibility index (Phi) is 5.86. The van der Waals surface area contributed by atoms with Crippen LogP contribution in [0.5, 0.6) is 5.75 Å². The third-order valence-corrected chi connectivity index (χ3v) is 5.93. The molecule has 5 rings (SSSR count). The number of anilines is 2. The van der Waals surface area contributed by atoms with E-state index in [1.807, 2.05) is 19.1 Å². The van der Waals surface area contributed by atoms with Gasteiger partial charge in [0.25, 0.3) is 0 Å². The van der Waals surface area contributed by atoms with Crippen molar-refractivity contribution in [1.29, 1.82) is 0 Å². The fourth-order valence-corrected chi connectivity index (χ4v) is 4.24. The summed E-state index contributed by atoms with van der Waals surface area (Å²) < 4.78 is 27.9. The molecule has 2 atom stereocenters. The molecule has 9 heteroatoms. The number of hydrogen-bond acceptors (Lipinski definition) is 7. The maximum absolute atomic E-state index is 15.2. The van der Waals surface area contributed by atoms with E-state index in [0.29, 0.717) is 52.3 Å². The van der Waals surface area contributed by atoms with Gasteiger partial charge < -0.3 is 20.1 Å². The number of nitrogens with zero attached hydrogens (tertiary/aromatic N) is 3. The van der Waals surface area contributed by atoms with Crippen molar-refractivity contribution in [3.05, 3.63) is 59.2 Å². The predicted octanol–water partition coefficient (Wildman–Crippen LogP) is 4.58. The van der Waals surface area contributed by atoms with Gasteiger partial charge in [-0.25, -0.2) is 14.4 Å². The Hall–Kier alpha value is -2.88. The quantitative estimate of drug-likeness (QED) is 0.417. The second-order valence-electron chi connectivity index (χ2n) is 7.60. The van der Waals surface area contributed by atoms with E-state index in [9.17, 15) is 0 Å². The highest BCUT2D eigenvalue weighted by Crippen LogP contribution is 2.36. The SMILES string of the molecule is C[C@H](Oc1cc(Br)cc2ncnc(Nc3ccc4ncccc4c3F)c12)[C@@H]1COCCN1. The van der Waals surface area contributed by atoms with Gasteiger partial charge in [0, 0.05) is 22.6 Å². The third kappa shape index (κ3) is 4.11. The summed E-state index contributed by atoms with van der Waals surface area (Å²) >= 11 is 3.53. The van der Waals surface area contributed by atoms with Gasteiger partial charge in [0.05, 0.1) is 41.4 Å². The summed E-state index contributed by atoms with van der Waals surface area (Å²) in [6.45, 7) is 4.04. The van der Waals surface area contributed by atoms with E-state index in [1.165, 1.54) is 6.33 Å². The molecule has 3 heterocycles. The summed E-state index contributed by atoms with van der Waals surface area (Å²) in [5.74, 6) is 0.666. The van der Waals surface area contributed by atoms with Crippen LogP contribution in [0.25, 0.3) is 21.8 Å². The molecule has 7 nitrogen and oxygen atoms in total. The third-order valence-electron chi connectivity index (χ3n) is 5.47. The van der Waals surface area contributed by atoms with Gasteiger partial charge in [-0.2, -0.15) is 0 Å². The van der Waals surface area contributed by atoms with Gasteiger partial charge in [-0.05, 0) is 43.3 Å². The van der Waals surface area contributed by atoms with Crippen LogP contribution >= 0.6 is 15.9 Å². The summed E-state index contributed by atoms with van der Waals surface area (Å²) in [4.78, 5) is 13.0. The van der Waals surface area contributed by atoms with E-state index in [2.05, 4.69) is 41.5 Å². The molecular weight excluding hydrogens is 477 g/mol. The van der Waals surface area contributed by atoms with Crippen molar-refractivity contribution in [3.8, 4) is 5.75 Å². The van der Waals surface area contributed by atoms with Gasteiger partial charge in [0.2, 0.25) is 0 Å². The van der Waals surface area contributed by atoms with Crippen LogP contribution in [-0.2, 0) is 4.74 Å². The first kappa shape index (κ1) is 21.0. The van der Waals surface area contributed by atoms with Crippen molar-refractivity contribution < 1.29 is 13.9 Å². The second kappa shape index (κ2) is 8.93. The van der Waals surface area contributed by atoms with Crippen LogP contribution < -0.4 is 15.4 Å². The highest BCUT2D eigenvalue weighted by molar-refractivity contribution is 9.10. The number of nitrogens with one attached hydrogen (secondary N) is 2. The number of aromatic nitrogens is 3. The van der Waals surface area contributed by atoms with E-state index in [4.69, 9.17) is 9.47 Å². The highest BCUT2D eigenvalue weighted by Gasteiger charge is 2.23. The van der Waals surface area contributed by atoms with Crippen molar-refractivity contribution in [1.82, 2.24) is 20.3 Å². The molecular formula is C23H21BrFN5O2. The van der Waals surface area contributed by atoms with Crippen molar-refractivity contribution in [3.63, 3.8) is 0 Å². The number of fused-ring (bicyclic) bond motifs is 2. The van der Waals surface area contributed by atoms with Gasteiger partial charge in [-0.15, -0.1) is 0 Å². The Labute approximate surface area is 192 Å². The van der Waals surface area contributed by atoms with Crippen LogP contribution in [0.4, 0.5) is 15.9 Å². The molecule has 1 aliphatic rings. The van der Waals surface area contributed by atoms with Crippen LogP contribution in [-0.4, -0.2) is 46.9 Å². The maximum atomic E-state index is 15.2. The summed E-state index contributed by atoms with van der Waals surface area (Å²) in [5.41, 5.74) is 1.57. The molecule has 4 aromatic rings. The summed E-state index contributed by atoms with van der Waals surface area (Å²) in [7, 11) is 0. The fourth-order valence-electron chi connectivity index (χ4n) is 3.82. The number of halogens is 2. The molecule has 32 heavy (non-hydrogen) atoms. The number of pyridine rings is 1. The fraction of sp³-hybridized carbons (Fsp3) is 0.261. The van der Waals surface area contributed by atoms with Crippen LogP contribution in [0.2, 0.25) is 0 Å². The molecule has 0 amide bonds. The predicted molar refractivity (Wildman–Crippen MR) is 125 cm³/mol. The standard InChI is InChI=1S/C23H21BrFN5O2/c1-13(19-11-31-8-7-27-19)32-20-10-14(24)9-18-21(20)23(29-12-28-18)30-17-5-4-16-15(22(17)25)3-2-6-26-16/h2-6,9-10,12-13,19,27H,7-8,11H2,1H3,(H,28,29,30)/t13-,19-/m0/s1. The average molecular weight is 498 g/mol. The zero-order valence-corrected chi connectivity index (χ0v) is 18.9. The number of ether oxygens (including phenoxy) is 2. The molecule has 0 aliphatic carbocycles. The lowest BCUT2D eigenvalue weighted by molar-refractivity contribution is 0.0341. The zero-order valence-electron chi connectivity index (χ0n) is 17.3.